The van der Waals surface area contributed by atoms with Gasteiger partial charge in [0.2, 0.25) is 0 Å². The number of hydrogen-bond donors (Lipinski definition) is 1. The molecule has 0 heterocycles. The van der Waals surface area contributed by atoms with Crippen molar-refractivity contribution in [1.82, 2.24) is 0 Å². The predicted octanol–water partition coefficient (Wildman–Crippen LogP) is 4.04. The highest BCUT2D eigenvalue weighted by molar-refractivity contribution is 5.38. The summed E-state index contributed by atoms with van der Waals surface area (Å²) >= 11 is 0. The van der Waals surface area contributed by atoms with E-state index >= 15 is 0 Å². The molecule has 2 aromatic rings. The highest BCUT2D eigenvalue weighted by Crippen LogP contribution is 2.20. The van der Waals surface area contributed by atoms with E-state index in [0.29, 0.717) is 12.0 Å². The summed E-state index contributed by atoms with van der Waals surface area (Å²) in [5, 5.41) is 10.2. The number of rotatable bonds is 4. The Bertz CT molecular complexity index is 606. The van der Waals surface area contributed by atoms with Gasteiger partial charge >= 0.3 is 0 Å². The Morgan fingerprint density at radius 3 is 1.90 bits per heavy atom. The molecule has 0 bridgehead atoms. The summed E-state index contributed by atoms with van der Waals surface area (Å²) in [5.41, 5.74) is 5.04. The monoisotopic (exact) mass is 290 g/mol. The van der Waals surface area contributed by atoms with Gasteiger partial charge in [0.1, 0.15) is 11.6 Å². The number of halogens is 2. The largest absolute Gasteiger partial charge is 0.392 e. The molecule has 0 fully saturated rings. The van der Waals surface area contributed by atoms with Crippen LogP contribution >= 0.6 is 0 Å². The van der Waals surface area contributed by atoms with E-state index in [1.54, 1.807) is 0 Å². The summed E-state index contributed by atoms with van der Waals surface area (Å²) in [6.07, 6.45) is 0.0589. The molecule has 0 amide bonds. The lowest BCUT2D eigenvalue weighted by atomic mass is 9.93. The SMILES string of the molecule is Cc1cc(C)c(CC(O)Cc2cc(F)cc(F)c2)c(C)c1. The molecule has 0 aliphatic carbocycles. The first-order valence-electron chi connectivity index (χ1n) is 7.05. The van der Waals surface area contributed by atoms with Crippen molar-refractivity contribution < 1.29 is 13.9 Å². The number of aliphatic hydroxyl groups excluding tert-OH is 1. The van der Waals surface area contributed by atoms with E-state index in [1.807, 2.05) is 20.8 Å². The van der Waals surface area contributed by atoms with E-state index in [1.165, 1.54) is 17.7 Å². The Labute approximate surface area is 124 Å². The van der Waals surface area contributed by atoms with E-state index in [-0.39, 0.29) is 6.42 Å². The van der Waals surface area contributed by atoms with Gasteiger partial charge in [-0.05, 0) is 68.0 Å². The summed E-state index contributed by atoms with van der Waals surface area (Å²) in [7, 11) is 0. The Kier molecular flexibility index (Phi) is 4.73. The third-order valence-corrected chi connectivity index (χ3v) is 3.67. The lowest BCUT2D eigenvalue weighted by Gasteiger charge is -2.16. The number of benzene rings is 2. The van der Waals surface area contributed by atoms with E-state index in [0.717, 1.165) is 22.8 Å². The van der Waals surface area contributed by atoms with E-state index in [2.05, 4.69) is 12.1 Å². The van der Waals surface area contributed by atoms with E-state index in [9.17, 15) is 13.9 Å². The van der Waals surface area contributed by atoms with Crippen LogP contribution in [0.3, 0.4) is 0 Å². The minimum Gasteiger partial charge on any atom is -0.392 e. The van der Waals surface area contributed by atoms with Crippen molar-refractivity contribution in [1.29, 1.82) is 0 Å². The summed E-state index contributed by atoms with van der Waals surface area (Å²) < 4.78 is 26.3. The first-order valence-corrected chi connectivity index (χ1v) is 7.05. The molecule has 0 spiro atoms. The Morgan fingerprint density at radius 2 is 1.38 bits per heavy atom. The van der Waals surface area contributed by atoms with Gasteiger partial charge in [0.25, 0.3) is 0 Å². The Hall–Kier alpha value is -1.74. The highest BCUT2D eigenvalue weighted by Gasteiger charge is 2.12. The third kappa shape index (κ3) is 4.11. The van der Waals surface area contributed by atoms with Crippen LogP contribution in [0, 0.1) is 32.4 Å². The summed E-state index contributed by atoms with van der Waals surface area (Å²) in [6, 6.07) is 7.53. The molecule has 3 heteroatoms. The van der Waals surface area contributed by atoms with Crippen molar-refractivity contribution in [2.24, 2.45) is 0 Å². The van der Waals surface area contributed by atoms with Crippen molar-refractivity contribution in [2.45, 2.75) is 39.7 Å². The van der Waals surface area contributed by atoms with Gasteiger partial charge in [0, 0.05) is 6.07 Å². The maximum absolute atomic E-state index is 13.2. The first kappa shape index (κ1) is 15.6. The van der Waals surface area contributed by atoms with Crippen molar-refractivity contribution >= 4 is 0 Å². The van der Waals surface area contributed by atoms with Gasteiger partial charge in [-0.25, -0.2) is 8.78 Å². The second-order valence-electron chi connectivity index (χ2n) is 5.72. The van der Waals surface area contributed by atoms with Crippen LogP contribution in [-0.4, -0.2) is 11.2 Å². The normalized spacial score (nSPS) is 12.5. The standard InChI is InChI=1S/C18H20F2O/c1-11-4-12(2)18(13(3)5-11)10-17(21)8-14-6-15(19)9-16(20)7-14/h4-7,9,17,21H,8,10H2,1-3H3. The molecular weight excluding hydrogens is 270 g/mol. The maximum atomic E-state index is 13.2. The minimum atomic E-state index is -0.661. The van der Waals surface area contributed by atoms with Crippen LogP contribution in [0.4, 0.5) is 8.78 Å². The van der Waals surface area contributed by atoms with Gasteiger partial charge < -0.3 is 5.11 Å². The molecule has 21 heavy (non-hydrogen) atoms. The molecule has 0 saturated heterocycles. The number of aliphatic hydroxyl groups is 1. The second-order valence-corrected chi connectivity index (χ2v) is 5.72. The molecule has 0 radical (unpaired) electrons. The lowest BCUT2D eigenvalue weighted by Crippen LogP contribution is -2.16. The van der Waals surface area contributed by atoms with Crippen molar-refractivity contribution in [3.63, 3.8) is 0 Å². The van der Waals surface area contributed by atoms with Gasteiger partial charge in [-0.15, -0.1) is 0 Å². The van der Waals surface area contributed by atoms with Crippen molar-refractivity contribution in [3.8, 4) is 0 Å². The molecule has 0 aliphatic rings. The molecule has 2 rings (SSSR count). The quantitative estimate of drug-likeness (QED) is 0.901. The Balaban J connectivity index is 2.13. The average molecular weight is 290 g/mol. The van der Waals surface area contributed by atoms with Crippen LogP contribution in [0.5, 0.6) is 0 Å². The van der Waals surface area contributed by atoms with Crippen molar-refractivity contribution in [3.05, 3.63) is 69.8 Å². The van der Waals surface area contributed by atoms with E-state index < -0.39 is 17.7 Å². The topological polar surface area (TPSA) is 20.2 Å². The summed E-state index contributed by atoms with van der Waals surface area (Å²) in [5.74, 6) is -1.22. The zero-order valence-corrected chi connectivity index (χ0v) is 12.6. The van der Waals surface area contributed by atoms with Gasteiger partial charge in [-0.1, -0.05) is 17.7 Å². The zero-order valence-electron chi connectivity index (χ0n) is 12.6. The smallest absolute Gasteiger partial charge is 0.126 e. The second kappa shape index (κ2) is 6.35. The Morgan fingerprint density at radius 1 is 0.857 bits per heavy atom. The van der Waals surface area contributed by atoms with Gasteiger partial charge in [0.05, 0.1) is 6.10 Å². The van der Waals surface area contributed by atoms with Gasteiger partial charge in [-0.3, -0.25) is 0 Å². The zero-order chi connectivity index (χ0) is 15.6. The molecule has 112 valence electrons. The van der Waals surface area contributed by atoms with E-state index in [4.69, 9.17) is 0 Å². The molecule has 0 aliphatic heterocycles. The molecule has 2 aromatic carbocycles. The predicted molar refractivity (Wildman–Crippen MR) is 80.4 cm³/mol. The third-order valence-electron chi connectivity index (χ3n) is 3.67. The fraction of sp³-hybridized carbons (Fsp3) is 0.333. The summed E-state index contributed by atoms with van der Waals surface area (Å²) in [6.45, 7) is 6.07. The van der Waals surface area contributed by atoms with Crippen LogP contribution < -0.4 is 0 Å². The molecule has 1 unspecified atom stereocenters. The number of aryl methyl sites for hydroxylation is 3. The molecule has 0 saturated carbocycles. The molecule has 0 aromatic heterocycles. The van der Waals surface area contributed by atoms with Gasteiger partial charge in [0.15, 0.2) is 0 Å². The van der Waals surface area contributed by atoms with Crippen LogP contribution in [0.2, 0.25) is 0 Å². The number of hydrogen-bond acceptors (Lipinski definition) is 1. The summed E-state index contributed by atoms with van der Waals surface area (Å²) in [4.78, 5) is 0. The van der Waals surface area contributed by atoms with Crippen LogP contribution in [0.15, 0.2) is 30.3 Å². The molecule has 1 atom stereocenters. The first-order chi connectivity index (χ1) is 9.85. The van der Waals surface area contributed by atoms with Crippen LogP contribution in [0.25, 0.3) is 0 Å². The van der Waals surface area contributed by atoms with Crippen LogP contribution in [-0.2, 0) is 12.8 Å². The molecular formula is C18H20F2O. The maximum Gasteiger partial charge on any atom is 0.126 e. The van der Waals surface area contributed by atoms with Crippen LogP contribution in [0.1, 0.15) is 27.8 Å². The minimum absolute atomic E-state index is 0.238. The fourth-order valence-corrected chi connectivity index (χ4v) is 2.84. The van der Waals surface area contributed by atoms with Gasteiger partial charge in [-0.2, -0.15) is 0 Å². The lowest BCUT2D eigenvalue weighted by molar-refractivity contribution is 0.175. The molecule has 1 N–H and O–H groups in total. The van der Waals surface area contributed by atoms with Crippen molar-refractivity contribution in [2.75, 3.05) is 0 Å². The fourth-order valence-electron chi connectivity index (χ4n) is 2.84. The molecule has 1 nitrogen and oxygen atoms in total. The highest BCUT2D eigenvalue weighted by atomic mass is 19.1. The average Bonchev–Trinajstić information content (AvgIpc) is 2.32.